The minimum atomic E-state index is -3.38. The standard InChI is InChI=1S/C11H19ClN2O2S2/c1-9-7-11(17-10(9)8-12)18(15,16)14(4)6-5-13(2)3/h7H,5-6,8H2,1-4H3. The predicted octanol–water partition coefficient (Wildman–Crippen LogP) is 1.98. The van der Waals surface area contributed by atoms with Crippen LogP contribution in [0, 0.1) is 6.92 Å². The maximum Gasteiger partial charge on any atom is 0.252 e. The second kappa shape index (κ2) is 6.34. The molecule has 0 unspecified atom stereocenters. The van der Waals surface area contributed by atoms with E-state index in [0.717, 1.165) is 10.4 Å². The summed E-state index contributed by atoms with van der Waals surface area (Å²) in [6.07, 6.45) is 0. The molecule has 0 atom stereocenters. The highest BCUT2D eigenvalue weighted by Gasteiger charge is 2.23. The van der Waals surface area contributed by atoms with Gasteiger partial charge in [-0.05, 0) is 32.6 Å². The number of nitrogens with zero attached hydrogens (tertiary/aromatic N) is 2. The second-order valence-electron chi connectivity index (χ2n) is 4.44. The first-order valence-electron chi connectivity index (χ1n) is 5.55. The Bertz CT molecular complexity index is 497. The number of aryl methyl sites for hydroxylation is 1. The Morgan fingerprint density at radius 3 is 2.33 bits per heavy atom. The van der Waals surface area contributed by atoms with E-state index >= 15 is 0 Å². The van der Waals surface area contributed by atoms with Crippen molar-refractivity contribution in [1.82, 2.24) is 9.21 Å². The molecular formula is C11H19ClN2O2S2. The Kier molecular flexibility index (Phi) is 5.61. The molecule has 1 rings (SSSR count). The third kappa shape index (κ3) is 3.68. The van der Waals surface area contributed by atoms with Crippen molar-refractivity contribution in [2.45, 2.75) is 17.0 Å². The third-order valence-corrected chi connectivity index (χ3v) is 6.61. The van der Waals surface area contributed by atoms with Gasteiger partial charge in [0.1, 0.15) is 4.21 Å². The van der Waals surface area contributed by atoms with Gasteiger partial charge in [0.25, 0.3) is 10.0 Å². The normalized spacial score (nSPS) is 12.6. The van der Waals surface area contributed by atoms with E-state index < -0.39 is 10.0 Å². The van der Waals surface area contributed by atoms with Gasteiger partial charge in [0, 0.05) is 25.0 Å². The molecule has 0 saturated carbocycles. The first-order chi connectivity index (χ1) is 8.28. The average molecular weight is 311 g/mol. The van der Waals surface area contributed by atoms with E-state index in [2.05, 4.69) is 0 Å². The van der Waals surface area contributed by atoms with Gasteiger partial charge < -0.3 is 4.90 Å². The summed E-state index contributed by atoms with van der Waals surface area (Å²) in [6.45, 7) is 3.05. The van der Waals surface area contributed by atoms with Crippen LogP contribution in [0.1, 0.15) is 10.4 Å². The van der Waals surface area contributed by atoms with E-state index in [0.29, 0.717) is 23.2 Å². The van der Waals surface area contributed by atoms with Gasteiger partial charge in [-0.1, -0.05) is 0 Å². The van der Waals surface area contributed by atoms with Crippen LogP contribution >= 0.6 is 22.9 Å². The lowest BCUT2D eigenvalue weighted by Crippen LogP contribution is -2.33. The molecular weight excluding hydrogens is 292 g/mol. The number of alkyl halides is 1. The Morgan fingerprint density at radius 2 is 1.89 bits per heavy atom. The van der Waals surface area contributed by atoms with Crippen molar-refractivity contribution < 1.29 is 8.42 Å². The predicted molar refractivity (Wildman–Crippen MR) is 77.0 cm³/mol. The lowest BCUT2D eigenvalue weighted by Gasteiger charge is -2.18. The molecule has 0 aliphatic carbocycles. The van der Waals surface area contributed by atoms with Crippen LogP contribution in [0.2, 0.25) is 0 Å². The Hall–Kier alpha value is -0.140. The topological polar surface area (TPSA) is 40.6 Å². The van der Waals surface area contributed by atoms with Crippen LogP contribution < -0.4 is 0 Å². The summed E-state index contributed by atoms with van der Waals surface area (Å²) in [5.41, 5.74) is 0.939. The smallest absolute Gasteiger partial charge is 0.252 e. The molecule has 0 radical (unpaired) electrons. The quantitative estimate of drug-likeness (QED) is 0.754. The Morgan fingerprint density at radius 1 is 1.28 bits per heavy atom. The third-order valence-electron chi connectivity index (χ3n) is 2.65. The molecule has 0 fully saturated rings. The summed E-state index contributed by atoms with van der Waals surface area (Å²) in [5.74, 6) is 0.355. The van der Waals surface area contributed by atoms with E-state index in [1.54, 1.807) is 13.1 Å². The highest BCUT2D eigenvalue weighted by molar-refractivity contribution is 7.91. The average Bonchev–Trinajstić information content (AvgIpc) is 2.67. The minimum Gasteiger partial charge on any atom is -0.308 e. The second-order valence-corrected chi connectivity index (χ2v) is 8.11. The summed E-state index contributed by atoms with van der Waals surface area (Å²) >= 11 is 7.03. The number of halogens is 1. The zero-order valence-electron chi connectivity index (χ0n) is 11.1. The van der Waals surface area contributed by atoms with Gasteiger partial charge in [-0.25, -0.2) is 8.42 Å². The van der Waals surface area contributed by atoms with Crippen LogP contribution in [0.4, 0.5) is 0 Å². The molecule has 104 valence electrons. The molecule has 0 amide bonds. The van der Waals surface area contributed by atoms with Crippen molar-refractivity contribution >= 4 is 33.0 Å². The highest BCUT2D eigenvalue weighted by atomic mass is 35.5. The monoisotopic (exact) mass is 310 g/mol. The fraction of sp³-hybridized carbons (Fsp3) is 0.636. The molecule has 0 aromatic carbocycles. The molecule has 0 aliphatic heterocycles. The molecule has 1 aromatic rings. The summed E-state index contributed by atoms with van der Waals surface area (Å²) in [6, 6.07) is 1.70. The maximum atomic E-state index is 12.3. The van der Waals surface area contributed by atoms with E-state index in [9.17, 15) is 8.42 Å². The highest BCUT2D eigenvalue weighted by Crippen LogP contribution is 2.28. The van der Waals surface area contributed by atoms with Gasteiger partial charge in [-0.15, -0.1) is 22.9 Å². The van der Waals surface area contributed by atoms with Crippen molar-refractivity contribution in [3.8, 4) is 0 Å². The van der Waals surface area contributed by atoms with Gasteiger partial charge in [0.2, 0.25) is 0 Å². The number of rotatable bonds is 6. The fourth-order valence-corrected chi connectivity index (χ4v) is 4.55. The Labute approximate surface area is 118 Å². The van der Waals surface area contributed by atoms with E-state index in [4.69, 9.17) is 11.6 Å². The molecule has 0 N–H and O–H groups in total. The largest absolute Gasteiger partial charge is 0.308 e. The molecule has 1 heterocycles. The van der Waals surface area contributed by atoms with Crippen LogP contribution in [0.3, 0.4) is 0 Å². The van der Waals surface area contributed by atoms with Crippen LogP contribution in [-0.2, 0) is 15.9 Å². The van der Waals surface area contributed by atoms with Crippen LogP contribution in [0.25, 0.3) is 0 Å². The zero-order valence-corrected chi connectivity index (χ0v) is 13.5. The summed E-state index contributed by atoms with van der Waals surface area (Å²) in [7, 11) is 2.06. The van der Waals surface area contributed by atoms with Gasteiger partial charge in [-0.3, -0.25) is 0 Å². The van der Waals surface area contributed by atoms with Gasteiger partial charge in [-0.2, -0.15) is 4.31 Å². The van der Waals surface area contributed by atoms with Crippen molar-refractivity contribution in [3.63, 3.8) is 0 Å². The molecule has 0 spiro atoms. The SMILES string of the molecule is Cc1cc(S(=O)(=O)N(C)CCN(C)C)sc1CCl. The van der Waals surface area contributed by atoms with Crippen LogP contribution in [-0.4, -0.2) is 51.9 Å². The first-order valence-corrected chi connectivity index (χ1v) is 8.34. The lowest BCUT2D eigenvalue weighted by atomic mass is 10.3. The number of hydrogen-bond donors (Lipinski definition) is 0. The van der Waals surface area contributed by atoms with E-state index in [1.165, 1.54) is 15.6 Å². The van der Waals surface area contributed by atoms with Gasteiger partial charge in [0.15, 0.2) is 0 Å². The number of likely N-dealkylation sites (N-methyl/N-ethyl adjacent to an activating group) is 2. The maximum absolute atomic E-state index is 12.3. The zero-order chi connectivity index (χ0) is 13.9. The van der Waals surface area contributed by atoms with Gasteiger partial charge in [0.05, 0.1) is 5.88 Å². The van der Waals surface area contributed by atoms with Gasteiger partial charge >= 0.3 is 0 Å². The molecule has 1 aromatic heterocycles. The van der Waals surface area contributed by atoms with Crippen molar-refractivity contribution in [2.24, 2.45) is 0 Å². The minimum absolute atomic E-state index is 0.355. The summed E-state index contributed by atoms with van der Waals surface area (Å²) in [4.78, 5) is 2.87. The summed E-state index contributed by atoms with van der Waals surface area (Å²) in [5, 5.41) is 0. The number of hydrogen-bond acceptors (Lipinski definition) is 4. The van der Waals surface area contributed by atoms with E-state index in [-0.39, 0.29) is 0 Å². The van der Waals surface area contributed by atoms with Crippen LogP contribution in [0.5, 0.6) is 0 Å². The molecule has 18 heavy (non-hydrogen) atoms. The summed E-state index contributed by atoms with van der Waals surface area (Å²) < 4.78 is 26.4. The fourth-order valence-electron chi connectivity index (χ4n) is 1.36. The molecule has 0 aliphatic rings. The first kappa shape index (κ1) is 15.9. The van der Waals surface area contributed by atoms with Crippen LogP contribution in [0.15, 0.2) is 10.3 Å². The Balaban J connectivity index is 2.91. The lowest BCUT2D eigenvalue weighted by molar-refractivity contribution is 0.359. The van der Waals surface area contributed by atoms with Crippen molar-refractivity contribution in [1.29, 1.82) is 0 Å². The molecule has 7 heteroatoms. The van der Waals surface area contributed by atoms with E-state index in [1.807, 2.05) is 25.9 Å². The van der Waals surface area contributed by atoms with Crippen molar-refractivity contribution in [3.05, 3.63) is 16.5 Å². The van der Waals surface area contributed by atoms with Crippen molar-refractivity contribution in [2.75, 3.05) is 34.2 Å². The number of thiophene rings is 1. The number of sulfonamides is 1. The molecule has 0 saturated heterocycles. The molecule has 4 nitrogen and oxygen atoms in total. The molecule has 0 bridgehead atoms.